The highest BCUT2D eigenvalue weighted by Crippen LogP contribution is 2.39. The highest BCUT2D eigenvalue weighted by Gasteiger charge is 2.27. The maximum Gasteiger partial charge on any atom is 0.202 e. The van der Waals surface area contributed by atoms with Crippen molar-refractivity contribution in [3.05, 3.63) is 28.2 Å². The third-order valence-electron chi connectivity index (χ3n) is 2.84. The van der Waals surface area contributed by atoms with Crippen molar-refractivity contribution in [3.63, 3.8) is 0 Å². The van der Waals surface area contributed by atoms with Gasteiger partial charge in [0.25, 0.3) is 0 Å². The van der Waals surface area contributed by atoms with E-state index >= 15 is 0 Å². The second-order valence-electron chi connectivity index (χ2n) is 4.56. The summed E-state index contributed by atoms with van der Waals surface area (Å²) in [5.41, 5.74) is 0. The van der Waals surface area contributed by atoms with Crippen LogP contribution < -0.4 is 5.32 Å². The topological polar surface area (TPSA) is 37.8 Å². The fraction of sp³-hybridized carbons (Fsp3) is 0.500. The number of aromatic nitrogens is 2. The summed E-state index contributed by atoms with van der Waals surface area (Å²) in [6, 6.07) is 4.69. The van der Waals surface area contributed by atoms with Gasteiger partial charge in [0.15, 0.2) is 0 Å². The van der Waals surface area contributed by atoms with Gasteiger partial charge >= 0.3 is 0 Å². The molecule has 0 bridgehead atoms. The van der Waals surface area contributed by atoms with E-state index in [1.165, 1.54) is 29.3 Å². The second kappa shape index (κ2) is 4.74. The maximum absolute atomic E-state index is 4.54. The molecular weight excluding hydrogens is 250 g/mol. The van der Waals surface area contributed by atoms with Crippen molar-refractivity contribution in [2.75, 3.05) is 5.32 Å². The Morgan fingerprint density at radius 2 is 2.41 bits per heavy atom. The molecule has 1 aliphatic rings. The van der Waals surface area contributed by atoms with Gasteiger partial charge in [-0.25, -0.2) is 4.98 Å². The monoisotopic (exact) mass is 265 g/mol. The first-order valence-corrected chi connectivity index (χ1v) is 7.59. The molecule has 0 radical (unpaired) electrons. The van der Waals surface area contributed by atoms with Crippen molar-refractivity contribution >= 4 is 28.0 Å². The number of nitrogens with zero attached hydrogens (tertiary/aromatic N) is 2. The maximum atomic E-state index is 4.54. The van der Waals surface area contributed by atoms with E-state index in [2.05, 4.69) is 39.1 Å². The van der Waals surface area contributed by atoms with Crippen LogP contribution in [0.1, 0.15) is 36.4 Å². The molecule has 2 heterocycles. The quantitative estimate of drug-likeness (QED) is 0.899. The number of thiophene rings is 1. The van der Waals surface area contributed by atoms with E-state index < -0.39 is 0 Å². The predicted octanol–water partition coefficient (Wildman–Crippen LogP) is 3.52. The molecule has 1 unspecified atom stereocenters. The number of nitrogens with one attached hydrogen (secondary N) is 1. The molecule has 90 valence electrons. The van der Waals surface area contributed by atoms with Crippen molar-refractivity contribution in [2.45, 2.75) is 38.1 Å². The molecule has 0 saturated heterocycles. The molecule has 3 rings (SSSR count). The Bertz CT molecular complexity index is 474. The van der Waals surface area contributed by atoms with E-state index in [1.807, 2.05) is 11.3 Å². The molecule has 1 saturated carbocycles. The predicted molar refractivity (Wildman–Crippen MR) is 73.0 cm³/mol. The first-order valence-electron chi connectivity index (χ1n) is 5.94. The standard InChI is InChI=1S/C12H15N3S2/c1-8(7-10-3-2-6-16-10)13-12-14-11(15-17-12)9-4-5-9/h2-3,6,8-9H,4-5,7H2,1H3,(H,13,14,15). The van der Waals surface area contributed by atoms with Gasteiger partial charge in [0.05, 0.1) is 0 Å². The van der Waals surface area contributed by atoms with Gasteiger partial charge in [0.1, 0.15) is 5.82 Å². The molecule has 1 atom stereocenters. The van der Waals surface area contributed by atoms with E-state index in [0.29, 0.717) is 12.0 Å². The summed E-state index contributed by atoms with van der Waals surface area (Å²) < 4.78 is 4.40. The molecule has 0 aromatic carbocycles. The van der Waals surface area contributed by atoms with Gasteiger partial charge in [-0.15, -0.1) is 11.3 Å². The first kappa shape index (κ1) is 11.2. The van der Waals surface area contributed by atoms with Crippen LogP contribution in [0.4, 0.5) is 5.13 Å². The van der Waals surface area contributed by atoms with Crippen LogP contribution >= 0.6 is 22.9 Å². The summed E-state index contributed by atoms with van der Waals surface area (Å²) in [6.45, 7) is 2.19. The minimum atomic E-state index is 0.411. The molecular formula is C12H15N3S2. The molecule has 0 amide bonds. The minimum Gasteiger partial charge on any atom is -0.357 e. The molecule has 1 N–H and O–H groups in total. The average molecular weight is 265 g/mol. The molecule has 1 fully saturated rings. The SMILES string of the molecule is CC(Cc1cccs1)Nc1nc(C2CC2)ns1. The fourth-order valence-corrected chi connectivity index (χ4v) is 3.39. The van der Waals surface area contributed by atoms with E-state index in [0.717, 1.165) is 17.4 Å². The lowest BCUT2D eigenvalue weighted by atomic mass is 10.2. The Kier molecular flexibility index (Phi) is 3.11. The zero-order chi connectivity index (χ0) is 11.7. The molecule has 3 nitrogen and oxygen atoms in total. The van der Waals surface area contributed by atoms with E-state index in [-0.39, 0.29) is 0 Å². The molecule has 2 aromatic heterocycles. The van der Waals surface area contributed by atoms with Crippen LogP contribution in [0.3, 0.4) is 0 Å². The largest absolute Gasteiger partial charge is 0.357 e. The molecule has 5 heteroatoms. The van der Waals surface area contributed by atoms with Crippen LogP contribution in [0, 0.1) is 0 Å². The molecule has 0 aliphatic heterocycles. The van der Waals surface area contributed by atoms with Crippen LogP contribution in [0.2, 0.25) is 0 Å². The molecule has 2 aromatic rings. The van der Waals surface area contributed by atoms with Crippen LogP contribution in [0.15, 0.2) is 17.5 Å². The van der Waals surface area contributed by atoms with Crippen molar-refractivity contribution in [3.8, 4) is 0 Å². The third-order valence-corrected chi connectivity index (χ3v) is 4.40. The Balaban J connectivity index is 1.57. The number of rotatable bonds is 5. The van der Waals surface area contributed by atoms with Crippen molar-refractivity contribution in [1.29, 1.82) is 0 Å². The summed E-state index contributed by atoms with van der Waals surface area (Å²) in [7, 11) is 0. The van der Waals surface area contributed by atoms with Crippen molar-refractivity contribution in [2.24, 2.45) is 0 Å². The smallest absolute Gasteiger partial charge is 0.202 e. The van der Waals surface area contributed by atoms with E-state index in [1.54, 1.807) is 0 Å². The van der Waals surface area contributed by atoms with Crippen molar-refractivity contribution in [1.82, 2.24) is 9.36 Å². The van der Waals surface area contributed by atoms with Crippen LogP contribution in [0.5, 0.6) is 0 Å². The highest BCUT2D eigenvalue weighted by atomic mass is 32.1. The lowest BCUT2D eigenvalue weighted by molar-refractivity contribution is 0.797. The average Bonchev–Trinajstić information content (AvgIpc) is 2.84. The van der Waals surface area contributed by atoms with Gasteiger partial charge in [-0.3, -0.25) is 0 Å². The third kappa shape index (κ3) is 2.84. The van der Waals surface area contributed by atoms with E-state index in [4.69, 9.17) is 0 Å². The van der Waals surface area contributed by atoms with Crippen LogP contribution in [-0.4, -0.2) is 15.4 Å². The van der Waals surface area contributed by atoms with Gasteiger partial charge in [-0.1, -0.05) is 6.07 Å². The Morgan fingerprint density at radius 3 is 3.12 bits per heavy atom. The summed E-state index contributed by atoms with van der Waals surface area (Å²) in [6.07, 6.45) is 3.58. The number of hydrogen-bond donors (Lipinski definition) is 1. The summed E-state index contributed by atoms with van der Waals surface area (Å²) in [5, 5.41) is 6.53. The summed E-state index contributed by atoms with van der Waals surface area (Å²) in [4.78, 5) is 5.96. The van der Waals surface area contributed by atoms with Crippen molar-refractivity contribution < 1.29 is 0 Å². The van der Waals surface area contributed by atoms with Crippen LogP contribution in [-0.2, 0) is 6.42 Å². The lowest BCUT2D eigenvalue weighted by Gasteiger charge is -2.10. The zero-order valence-corrected chi connectivity index (χ0v) is 11.4. The normalized spacial score (nSPS) is 17.0. The molecule has 0 spiro atoms. The Hall–Kier alpha value is -0.940. The molecule has 17 heavy (non-hydrogen) atoms. The Labute approximate surface area is 109 Å². The second-order valence-corrected chi connectivity index (χ2v) is 6.34. The van der Waals surface area contributed by atoms with Gasteiger partial charge < -0.3 is 5.32 Å². The van der Waals surface area contributed by atoms with Gasteiger partial charge in [0, 0.05) is 34.8 Å². The number of hydrogen-bond acceptors (Lipinski definition) is 5. The lowest BCUT2D eigenvalue weighted by Crippen LogP contribution is -2.17. The summed E-state index contributed by atoms with van der Waals surface area (Å²) in [5.74, 6) is 1.69. The number of anilines is 1. The zero-order valence-electron chi connectivity index (χ0n) is 9.72. The fourth-order valence-electron chi connectivity index (χ4n) is 1.79. The molecule has 1 aliphatic carbocycles. The highest BCUT2D eigenvalue weighted by molar-refractivity contribution is 7.10. The van der Waals surface area contributed by atoms with Gasteiger partial charge in [-0.05, 0) is 31.2 Å². The minimum absolute atomic E-state index is 0.411. The first-order chi connectivity index (χ1) is 8.31. The summed E-state index contributed by atoms with van der Waals surface area (Å²) >= 11 is 3.30. The van der Waals surface area contributed by atoms with Gasteiger partial charge in [-0.2, -0.15) is 4.37 Å². The van der Waals surface area contributed by atoms with Gasteiger partial charge in [0.2, 0.25) is 5.13 Å². The van der Waals surface area contributed by atoms with E-state index in [9.17, 15) is 0 Å². The van der Waals surface area contributed by atoms with Crippen LogP contribution in [0.25, 0.3) is 0 Å². The Morgan fingerprint density at radius 1 is 1.53 bits per heavy atom.